The predicted octanol–water partition coefficient (Wildman–Crippen LogP) is 1.90. The van der Waals surface area contributed by atoms with Gasteiger partial charge in [0.2, 0.25) is 5.91 Å². The topological polar surface area (TPSA) is 77.4 Å². The molecule has 0 spiro atoms. The summed E-state index contributed by atoms with van der Waals surface area (Å²) in [7, 11) is 6.24. The number of hydrogen-bond donors (Lipinski definition) is 2. The molecule has 2 aromatic rings. The highest BCUT2D eigenvalue weighted by Gasteiger charge is 2.22. The van der Waals surface area contributed by atoms with Gasteiger partial charge in [0, 0.05) is 30.9 Å². The van der Waals surface area contributed by atoms with Crippen molar-refractivity contribution in [2.75, 3.05) is 26.6 Å². The zero-order valence-electron chi connectivity index (χ0n) is 13.8. The molecular formula is C15H20ClFN4O3. The summed E-state index contributed by atoms with van der Waals surface area (Å²) < 4.78 is 25.8. The first-order valence-electron chi connectivity index (χ1n) is 6.88. The van der Waals surface area contributed by atoms with Crippen LogP contribution < -0.4 is 20.1 Å². The maximum Gasteiger partial charge on any atom is 0.246 e. The maximum atomic E-state index is 14.1. The monoisotopic (exact) mass is 358 g/mol. The van der Waals surface area contributed by atoms with Gasteiger partial charge in [-0.05, 0) is 7.05 Å². The van der Waals surface area contributed by atoms with E-state index in [1.165, 1.54) is 20.3 Å². The van der Waals surface area contributed by atoms with Gasteiger partial charge in [-0.15, -0.1) is 12.4 Å². The number of nitrogens with one attached hydrogen (secondary N) is 2. The van der Waals surface area contributed by atoms with Crippen LogP contribution in [0.5, 0.6) is 11.5 Å². The lowest BCUT2D eigenvalue weighted by Crippen LogP contribution is -2.30. The van der Waals surface area contributed by atoms with Gasteiger partial charge >= 0.3 is 0 Å². The van der Waals surface area contributed by atoms with Crippen molar-refractivity contribution in [1.29, 1.82) is 0 Å². The molecule has 0 saturated carbocycles. The fourth-order valence-electron chi connectivity index (χ4n) is 2.19. The Morgan fingerprint density at radius 2 is 1.92 bits per heavy atom. The SMILES string of the molecule is CNC(C(=O)Nc1cc(OC)c(OC)cc1F)c1cnn(C)c1.Cl. The van der Waals surface area contributed by atoms with Gasteiger partial charge in [-0.25, -0.2) is 4.39 Å². The molecule has 0 aliphatic heterocycles. The van der Waals surface area contributed by atoms with Crippen LogP contribution in [-0.4, -0.2) is 37.0 Å². The van der Waals surface area contributed by atoms with Gasteiger partial charge in [-0.2, -0.15) is 5.10 Å². The molecule has 0 bridgehead atoms. The Labute approximate surface area is 145 Å². The van der Waals surface area contributed by atoms with Crippen LogP contribution in [0, 0.1) is 5.82 Å². The van der Waals surface area contributed by atoms with E-state index in [1.54, 1.807) is 31.2 Å². The summed E-state index contributed by atoms with van der Waals surface area (Å²) in [5, 5.41) is 9.45. The summed E-state index contributed by atoms with van der Waals surface area (Å²) >= 11 is 0. The molecule has 0 radical (unpaired) electrons. The fraction of sp³-hybridized carbons (Fsp3) is 0.333. The zero-order valence-corrected chi connectivity index (χ0v) is 14.6. The number of halogens is 2. The highest BCUT2D eigenvalue weighted by atomic mass is 35.5. The van der Waals surface area contributed by atoms with Gasteiger partial charge in [0.1, 0.15) is 6.04 Å². The summed E-state index contributed by atoms with van der Waals surface area (Å²) in [5.74, 6) is -0.448. The van der Waals surface area contributed by atoms with Crippen LogP contribution in [0.1, 0.15) is 11.6 Å². The molecule has 2 N–H and O–H groups in total. The summed E-state index contributed by atoms with van der Waals surface area (Å²) in [6.07, 6.45) is 3.29. The third kappa shape index (κ3) is 4.15. The molecule has 24 heavy (non-hydrogen) atoms. The summed E-state index contributed by atoms with van der Waals surface area (Å²) in [6, 6.07) is 1.88. The quantitative estimate of drug-likeness (QED) is 0.824. The number of anilines is 1. The van der Waals surface area contributed by atoms with Crippen LogP contribution in [0.4, 0.5) is 10.1 Å². The van der Waals surface area contributed by atoms with Crippen molar-refractivity contribution in [3.05, 3.63) is 35.9 Å². The minimum atomic E-state index is -0.656. The minimum absolute atomic E-state index is 0. The molecular weight excluding hydrogens is 339 g/mol. The van der Waals surface area contributed by atoms with Gasteiger partial charge in [0.25, 0.3) is 0 Å². The van der Waals surface area contributed by atoms with Crippen molar-refractivity contribution in [1.82, 2.24) is 15.1 Å². The van der Waals surface area contributed by atoms with E-state index in [-0.39, 0.29) is 23.8 Å². The lowest BCUT2D eigenvalue weighted by molar-refractivity contribution is -0.118. The molecule has 7 nitrogen and oxygen atoms in total. The molecule has 0 aliphatic rings. The number of aromatic nitrogens is 2. The second-order valence-corrected chi connectivity index (χ2v) is 4.85. The average Bonchev–Trinajstić information content (AvgIpc) is 2.95. The molecule has 1 aromatic carbocycles. The Morgan fingerprint density at radius 3 is 2.42 bits per heavy atom. The largest absolute Gasteiger partial charge is 0.493 e. The van der Waals surface area contributed by atoms with Crippen molar-refractivity contribution < 1.29 is 18.7 Å². The lowest BCUT2D eigenvalue weighted by Gasteiger charge is -2.16. The van der Waals surface area contributed by atoms with Crippen LogP contribution in [0.25, 0.3) is 0 Å². The molecule has 132 valence electrons. The minimum Gasteiger partial charge on any atom is -0.493 e. The van der Waals surface area contributed by atoms with Gasteiger partial charge in [0.05, 0.1) is 26.1 Å². The molecule has 0 aliphatic carbocycles. The molecule has 1 amide bonds. The Morgan fingerprint density at radius 1 is 1.29 bits per heavy atom. The molecule has 2 rings (SSSR count). The van der Waals surface area contributed by atoms with Crippen molar-refractivity contribution >= 4 is 24.0 Å². The predicted molar refractivity (Wildman–Crippen MR) is 90.4 cm³/mol. The van der Waals surface area contributed by atoms with Gasteiger partial charge in [-0.1, -0.05) is 0 Å². The van der Waals surface area contributed by atoms with Crippen molar-refractivity contribution in [2.24, 2.45) is 7.05 Å². The number of ether oxygens (including phenoxy) is 2. The van der Waals surface area contributed by atoms with Crippen molar-refractivity contribution in [2.45, 2.75) is 6.04 Å². The van der Waals surface area contributed by atoms with Crippen LogP contribution in [0.15, 0.2) is 24.5 Å². The Bertz CT molecular complexity index is 708. The van der Waals surface area contributed by atoms with Gasteiger partial charge < -0.3 is 20.1 Å². The number of nitrogens with zero attached hydrogens (tertiary/aromatic N) is 2. The second-order valence-electron chi connectivity index (χ2n) is 4.85. The summed E-state index contributed by atoms with van der Waals surface area (Å²) in [4.78, 5) is 12.4. The van der Waals surface area contributed by atoms with Crippen LogP contribution in [0.3, 0.4) is 0 Å². The summed E-state index contributed by atoms with van der Waals surface area (Å²) in [5.41, 5.74) is 0.685. The third-order valence-electron chi connectivity index (χ3n) is 3.34. The number of methoxy groups -OCH3 is 2. The van der Waals surface area contributed by atoms with E-state index in [0.29, 0.717) is 11.3 Å². The number of rotatable bonds is 6. The second kappa shape index (κ2) is 8.51. The number of amides is 1. The molecule has 1 heterocycles. The number of benzene rings is 1. The van der Waals surface area contributed by atoms with Crippen LogP contribution in [0.2, 0.25) is 0 Å². The molecule has 1 unspecified atom stereocenters. The molecule has 1 aromatic heterocycles. The first-order valence-corrected chi connectivity index (χ1v) is 6.88. The normalized spacial score (nSPS) is 11.4. The van der Waals surface area contributed by atoms with Gasteiger partial charge in [-0.3, -0.25) is 9.48 Å². The van der Waals surface area contributed by atoms with E-state index in [2.05, 4.69) is 15.7 Å². The Kier molecular flexibility index (Phi) is 6.99. The van der Waals surface area contributed by atoms with E-state index in [1.807, 2.05) is 0 Å². The van der Waals surface area contributed by atoms with Crippen molar-refractivity contribution in [3.8, 4) is 11.5 Å². The maximum absolute atomic E-state index is 14.1. The van der Waals surface area contributed by atoms with Crippen molar-refractivity contribution in [3.63, 3.8) is 0 Å². The highest BCUT2D eigenvalue weighted by molar-refractivity contribution is 5.95. The molecule has 0 saturated heterocycles. The smallest absolute Gasteiger partial charge is 0.246 e. The van der Waals surface area contributed by atoms with E-state index in [4.69, 9.17) is 9.47 Å². The highest BCUT2D eigenvalue weighted by Crippen LogP contribution is 2.32. The number of carbonyl (C=O) groups excluding carboxylic acids is 1. The van der Waals surface area contributed by atoms with Gasteiger partial charge in [0.15, 0.2) is 17.3 Å². The lowest BCUT2D eigenvalue weighted by atomic mass is 10.1. The third-order valence-corrected chi connectivity index (χ3v) is 3.34. The fourth-order valence-corrected chi connectivity index (χ4v) is 2.19. The number of carbonyl (C=O) groups is 1. The van der Waals surface area contributed by atoms with E-state index in [9.17, 15) is 9.18 Å². The molecule has 1 atom stereocenters. The number of aryl methyl sites for hydroxylation is 1. The standard InChI is InChI=1S/C15H19FN4O3.ClH/c1-17-14(9-7-18-20(2)8-9)15(21)19-11-6-13(23-4)12(22-3)5-10(11)16;/h5-8,14,17H,1-4H3,(H,19,21);1H. The summed E-state index contributed by atoms with van der Waals surface area (Å²) in [6.45, 7) is 0. The Hall–Kier alpha value is -2.32. The average molecular weight is 359 g/mol. The zero-order chi connectivity index (χ0) is 17.0. The molecule has 9 heteroatoms. The first kappa shape index (κ1) is 19.7. The van der Waals surface area contributed by atoms with E-state index in [0.717, 1.165) is 6.07 Å². The first-order chi connectivity index (χ1) is 11.0. The van der Waals surface area contributed by atoms with E-state index < -0.39 is 17.8 Å². The van der Waals surface area contributed by atoms with Crippen LogP contribution in [-0.2, 0) is 11.8 Å². The number of likely N-dealkylation sites (N-methyl/N-ethyl adjacent to an activating group) is 1. The molecule has 0 fully saturated rings. The number of hydrogen-bond acceptors (Lipinski definition) is 5. The van der Waals surface area contributed by atoms with Crippen LogP contribution >= 0.6 is 12.4 Å². The van der Waals surface area contributed by atoms with E-state index >= 15 is 0 Å². The Balaban J connectivity index is 0.00000288.